The molecule has 7 nitrogen and oxygen atoms in total. The Kier molecular flexibility index (Phi) is 4.07. The molecule has 2 N–H and O–H groups in total. The van der Waals surface area contributed by atoms with Gasteiger partial charge in [0.05, 0.1) is 5.70 Å². The third-order valence-electron chi connectivity index (χ3n) is 3.82. The van der Waals surface area contributed by atoms with E-state index in [0.29, 0.717) is 17.1 Å². The molecule has 23 heavy (non-hydrogen) atoms. The lowest BCUT2D eigenvalue weighted by Crippen LogP contribution is -2.38. The largest absolute Gasteiger partial charge is 0.365 e. The van der Waals surface area contributed by atoms with Crippen LogP contribution in [0.1, 0.15) is 0 Å². The first kappa shape index (κ1) is 16.2. The quantitative estimate of drug-likeness (QED) is 0.323. The number of hydrogen-bond donors (Lipinski definition) is 2. The summed E-state index contributed by atoms with van der Waals surface area (Å²) in [5, 5.41) is 10.5. The summed E-state index contributed by atoms with van der Waals surface area (Å²) in [5.74, 6) is 0.0485. The Bertz CT molecular complexity index is 596. The number of nitrogens with zero attached hydrogens (tertiary/aromatic N) is 3. The van der Waals surface area contributed by atoms with Gasteiger partial charge in [0.2, 0.25) is 11.6 Å². The third-order valence-corrected chi connectivity index (χ3v) is 4.49. The van der Waals surface area contributed by atoms with Crippen LogP contribution in [0.2, 0.25) is 19.6 Å². The lowest BCUT2D eigenvalue weighted by Gasteiger charge is -2.21. The highest BCUT2D eigenvalue weighted by atomic mass is 28.3. The van der Waals surface area contributed by atoms with Crippen molar-refractivity contribution in [1.29, 1.82) is 0 Å². The molecule has 0 atom stereocenters. The fourth-order valence-corrected chi connectivity index (χ4v) is 2.28. The Morgan fingerprint density at radius 1 is 0.913 bits per heavy atom. The summed E-state index contributed by atoms with van der Waals surface area (Å²) in [6.45, 7) is 11.5. The van der Waals surface area contributed by atoms with Gasteiger partial charge >= 0.3 is 0 Å². The maximum absolute atomic E-state index is 12.4. The van der Waals surface area contributed by atoms with Gasteiger partial charge in [-0.2, -0.15) is 0 Å². The summed E-state index contributed by atoms with van der Waals surface area (Å²) in [4.78, 5) is 30.5. The minimum atomic E-state index is -1.33. The summed E-state index contributed by atoms with van der Waals surface area (Å²) in [6.07, 6.45) is 1.52. The molecule has 4 aliphatic rings. The van der Waals surface area contributed by atoms with E-state index in [1.807, 2.05) is 34.3 Å². The molecule has 0 spiro atoms. The van der Waals surface area contributed by atoms with Crippen LogP contribution in [0.5, 0.6) is 0 Å². The zero-order valence-electron chi connectivity index (χ0n) is 13.9. The van der Waals surface area contributed by atoms with Crippen LogP contribution in [0.4, 0.5) is 0 Å². The van der Waals surface area contributed by atoms with Crippen molar-refractivity contribution in [2.24, 2.45) is 0 Å². The zero-order chi connectivity index (χ0) is 16.8. The second-order valence-corrected chi connectivity index (χ2v) is 12.0. The molecule has 0 amide bonds. The van der Waals surface area contributed by atoms with E-state index in [0.717, 1.165) is 39.3 Å². The SMILES string of the molecule is C[Si](C)(C)NO.O=C1C=C(N2CC2)C(=O)C(N2CC2)=C1N1CC1. The van der Waals surface area contributed by atoms with Crippen molar-refractivity contribution in [3.63, 3.8) is 0 Å². The monoisotopic (exact) mass is 336 g/mol. The summed E-state index contributed by atoms with van der Waals surface area (Å²) in [5.41, 5.74) is 1.89. The molecule has 8 heteroatoms. The van der Waals surface area contributed by atoms with E-state index in [4.69, 9.17) is 5.21 Å². The van der Waals surface area contributed by atoms with Crippen LogP contribution >= 0.6 is 0 Å². The third kappa shape index (κ3) is 3.82. The van der Waals surface area contributed by atoms with Gasteiger partial charge in [0.1, 0.15) is 19.6 Å². The predicted octanol–water partition coefficient (Wildman–Crippen LogP) is -0.0194. The Morgan fingerprint density at radius 2 is 1.35 bits per heavy atom. The molecular formula is C15H24N4O3Si. The molecule has 0 bridgehead atoms. The molecule has 0 aromatic heterocycles. The maximum Gasteiger partial charge on any atom is 0.227 e. The highest BCUT2D eigenvalue weighted by Gasteiger charge is 2.43. The molecule has 0 aromatic rings. The van der Waals surface area contributed by atoms with Crippen molar-refractivity contribution in [1.82, 2.24) is 19.8 Å². The zero-order valence-corrected chi connectivity index (χ0v) is 14.9. The van der Waals surface area contributed by atoms with Gasteiger partial charge < -0.3 is 19.9 Å². The average molecular weight is 336 g/mol. The number of nitrogens with one attached hydrogen (secondary N) is 1. The fraction of sp³-hybridized carbons (Fsp3) is 0.600. The summed E-state index contributed by atoms with van der Waals surface area (Å²) < 4.78 is 0. The Morgan fingerprint density at radius 3 is 1.74 bits per heavy atom. The highest BCUT2D eigenvalue weighted by Crippen LogP contribution is 2.33. The molecule has 0 saturated carbocycles. The van der Waals surface area contributed by atoms with Gasteiger partial charge in [-0.25, -0.2) is 5.15 Å². The Balaban J connectivity index is 0.000000227. The Hall–Kier alpha value is -1.64. The van der Waals surface area contributed by atoms with Gasteiger partial charge in [-0.3, -0.25) is 9.59 Å². The maximum atomic E-state index is 12.4. The van der Waals surface area contributed by atoms with Crippen molar-refractivity contribution in [3.05, 3.63) is 23.2 Å². The number of hydrogen-bond acceptors (Lipinski definition) is 7. The first-order chi connectivity index (χ1) is 10.8. The van der Waals surface area contributed by atoms with Crippen LogP contribution in [-0.2, 0) is 9.59 Å². The standard InChI is InChI=1S/C12H13N3O2.C3H11NOSi/c16-9-7-8(13-1-2-13)12(17)11(15-5-6-15)10(9)14-3-4-14;1-6(2,3)4-5/h7H,1-6H2;4-5H,1-3H3. The van der Waals surface area contributed by atoms with E-state index >= 15 is 0 Å². The highest BCUT2D eigenvalue weighted by molar-refractivity contribution is 6.73. The lowest BCUT2D eigenvalue weighted by atomic mass is 10.0. The molecule has 0 radical (unpaired) electrons. The number of carbonyl (C=O) groups is 2. The smallest absolute Gasteiger partial charge is 0.227 e. The van der Waals surface area contributed by atoms with Crippen molar-refractivity contribution in [3.8, 4) is 0 Å². The van der Waals surface area contributed by atoms with Crippen LogP contribution in [0.3, 0.4) is 0 Å². The van der Waals surface area contributed by atoms with Crippen molar-refractivity contribution in [2.75, 3.05) is 39.3 Å². The van der Waals surface area contributed by atoms with E-state index < -0.39 is 8.24 Å². The van der Waals surface area contributed by atoms with Crippen LogP contribution in [0, 0.1) is 0 Å². The van der Waals surface area contributed by atoms with Crippen LogP contribution in [-0.4, -0.2) is 79.0 Å². The minimum Gasteiger partial charge on any atom is -0.365 e. The summed E-state index contributed by atoms with van der Waals surface area (Å²) in [7, 11) is -1.33. The molecule has 3 heterocycles. The van der Waals surface area contributed by atoms with E-state index in [2.05, 4.69) is 5.15 Å². The van der Waals surface area contributed by atoms with E-state index in [-0.39, 0.29) is 11.6 Å². The number of rotatable bonds is 4. The summed E-state index contributed by atoms with van der Waals surface area (Å²) in [6, 6.07) is 0. The van der Waals surface area contributed by atoms with Crippen molar-refractivity contribution >= 4 is 19.8 Å². The van der Waals surface area contributed by atoms with Crippen LogP contribution in [0.25, 0.3) is 0 Å². The lowest BCUT2D eigenvalue weighted by molar-refractivity contribution is -0.117. The number of Topliss-reactive ketones (excluding diaryl/α,β-unsaturated/α-hetero) is 1. The summed E-state index contributed by atoms with van der Waals surface area (Å²) >= 11 is 0. The van der Waals surface area contributed by atoms with Gasteiger partial charge in [-0.1, -0.05) is 19.6 Å². The van der Waals surface area contributed by atoms with Gasteiger partial charge in [0, 0.05) is 45.3 Å². The minimum absolute atomic E-state index is 0.00546. The number of allylic oxidation sites excluding steroid dienone is 1. The molecule has 3 saturated heterocycles. The van der Waals surface area contributed by atoms with Crippen LogP contribution < -0.4 is 5.15 Å². The molecule has 126 valence electrons. The molecule has 0 aromatic carbocycles. The van der Waals surface area contributed by atoms with Gasteiger partial charge in [0.25, 0.3) is 0 Å². The Labute approximate surface area is 137 Å². The molecule has 3 aliphatic heterocycles. The van der Waals surface area contributed by atoms with Gasteiger partial charge in [-0.15, -0.1) is 0 Å². The fourth-order valence-electron chi connectivity index (χ4n) is 2.28. The topological polar surface area (TPSA) is 75.4 Å². The first-order valence-electron chi connectivity index (χ1n) is 8.03. The predicted molar refractivity (Wildman–Crippen MR) is 88.1 cm³/mol. The molecule has 1 aliphatic carbocycles. The van der Waals surface area contributed by atoms with Crippen LogP contribution in [0.15, 0.2) is 23.2 Å². The molecule has 4 rings (SSSR count). The normalized spacial score (nSPS) is 22.8. The van der Waals surface area contributed by atoms with E-state index in [1.165, 1.54) is 6.08 Å². The molecule has 0 unspecified atom stereocenters. The van der Waals surface area contributed by atoms with Crippen molar-refractivity contribution < 1.29 is 14.8 Å². The number of carbonyl (C=O) groups excluding carboxylic acids is 2. The number of ketones is 2. The second-order valence-electron chi connectivity index (χ2n) is 7.24. The molecule has 3 fully saturated rings. The second kappa shape index (κ2) is 5.77. The van der Waals surface area contributed by atoms with Gasteiger partial charge in [-0.05, 0) is 0 Å². The van der Waals surface area contributed by atoms with Gasteiger partial charge in [0.15, 0.2) is 0 Å². The van der Waals surface area contributed by atoms with E-state index in [9.17, 15) is 9.59 Å². The van der Waals surface area contributed by atoms with E-state index in [1.54, 1.807) is 0 Å². The first-order valence-corrected chi connectivity index (χ1v) is 11.5. The molecular weight excluding hydrogens is 312 g/mol. The average Bonchev–Trinajstić information content (AvgIpc) is 3.34. The van der Waals surface area contributed by atoms with Crippen molar-refractivity contribution in [2.45, 2.75) is 19.6 Å².